The summed E-state index contributed by atoms with van der Waals surface area (Å²) in [6, 6.07) is 12.3. The number of anilines is 1. The van der Waals surface area contributed by atoms with Crippen LogP contribution in [0.5, 0.6) is 0 Å². The van der Waals surface area contributed by atoms with Gasteiger partial charge in [-0.15, -0.1) is 0 Å². The Morgan fingerprint density at radius 1 is 1.12 bits per heavy atom. The van der Waals surface area contributed by atoms with Gasteiger partial charge in [0.25, 0.3) is 10.0 Å². The van der Waals surface area contributed by atoms with Gasteiger partial charge in [-0.25, -0.2) is 18.1 Å². The lowest BCUT2D eigenvalue weighted by Crippen LogP contribution is -2.29. The minimum Gasteiger partial charge on any atom is -0.445 e. The lowest BCUT2D eigenvalue weighted by molar-refractivity contribution is -0.132. The predicted octanol–water partition coefficient (Wildman–Crippen LogP) is 6.61. The highest BCUT2D eigenvalue weighted by molar-refractivity contribution is 7.92. The topological polar surface area (TPSA) is 119 Å². The highest BCUT2D eigenvalue weighted by Gasteiger charge is 2.60. The molecule has 1 saturated carbocycles. The minimum atomic E-state index is -4.06. The zero-order valence-electron chi connectivity index (χ0n) is 24.9. The summed E-state index contributed by atoms with van der Waals surface area (Å²) in [5.41, 5.74) is 4.91. The molecule has 0 bridgehead atoms. The van der Waals surface area contributed by atoms with E-state index in [2.05, 4.69) is 34.8 Å². The Morgan fingerprint density at radius 3 is 2.50 bits per heavy atom. The van der Waals surface area contributed by atoms with Gasteiger partial charge < -0.3 is 13.8 Å². The van der Waals surface area contributed by atoms with Crippen LogP contribution in [0.2, 0.25) is 0 Å². The summed E-state index contributed by atoms with van der Waals surface area (Å²) in [6.07, 6.45) is 5.24. The number of nitrogens with zero attached hydrogens (tertiary/aromatic N) is 3. The molecule has 1 aliphatic rings. The quantitative estimate of drug-likeness (QED) is 0.219. The lowest BCUT2D eigenvalue weighted by Gasteiger charge is -2.22. The fourth-order valence-corrected chi connectivity index (χ4v) is 6.76. The molecule has 1 aliphatic carbocycles. The SMILES string of the molecule is CC(C)=CC1C(C(=O)N(C)Cc2cc(-c3ncco3)ccc2-c2ccccc2S(=O)(=O)Nc2onc(C)c2C)C1(C)C. The summed E-state index contributed by atoms with van der Waals surface area (Å²) in [5.74, 6) is 0.609. The second-order valence-corrected chi connectivity index (χ2v) is 13.4. The third-order valence-electron chi connectivity index (χ3n) is 8.11. The van der Waals surface area contributed by atoms with E-state index in [-0.39, 0.29) is 40.5 Å². The number of aryl methyl sites for hydroxylation is 1. The van der Waals surface area contributed by atoms with E-state index < -0.39 is 10.0 Å². The number of oxazole rings is 1. The fourth-order valence-electron chi connectivity index (χ4n) is 5.49. The Labute approximate surface area is 246 Å². The van der Waals surface area contributed by atoms with Gasteiger partial charge in [0.1, 0.15) is 6.26 Å². The Hall–Kier alpha value is -4.18. The van der Waals surface area contributed by atoms with Crippen molar-refractivity contribution in [3.8, 4) is 22.6 Å². The van der Waals surface area contributed by atoms with E-state index in [0.717, 1.165) is 11.1 Å². The smallest absolute Gasteiger partial charge is 0.264 e. The molecular weight excluding hydrogens is 552 g/mol. The van der Waals surface area contributed by atoms with E-state index >= 15 is 0 Å². The summed E-state index contributed by atoms with van der Waals surface area (Å²) in [7, 11) is -2.27. The molecule has 1 fully saturated rings. The van der Waals surface area contributed by atoms with Crippen molar-refractivity contribution in [2.75, 3.05) is 11.8 Å². The van der Waals surface area contributed by atoms with E-state index in [1.165, 1.54) is 11.8 Å². The summed E-state index contributed by atoms with van der Waals surface area (Å²) in [5, 5.41) is 3.86. The van der Waals surface area contributed by atoms with Crippen molar-refractivity contribution in [3.05, 3.63) is 83.4 Å². The normalized spacial score (nSPS) is 17.5. The van der Waals surface area contributed by atoms with Gasteiger partial charge in [-0.1, -0.05) is 54.9 Å². The maximum atomic E-state index is 13.7. The number of allylic oxidation sites excluding steroid dienone is 2. The first-order chi connectivity index (χ1) is 19.8. The van der Waals surface area contributed by atoms with Gasteiger partial charge in [-0.3, -0.25) is 4.79 Å². The van der Waals surface area contributed by atoms with Gasteiger partial charge in [-0.05, 0) is 68.4 Å². The predicted molar refractivity (Wildman–Crippen MR) is 161 cm³/mol. The standard InChI is InChI=1S/C32H36N4O5S/c1-19(2)16-26-28(32(26,5)6)31(37)36(7)18-23-17-22(30-33-14-15-40-30)12-13-24(23)25-10-8-9-11-27(25)42(38,39)35-29-20(3)21(4)34-41-29/h8-17,26,28,35H,18H2,1-7H3. The number of nitrogens with one attached hydrogen (secondary N) is 1. The zero-order valence-corrected chi connectivity index (χ0v) is 25.7. The molecule has 2 aromatic carbocycles. The molecule has 10 heteroatoms. The zero-order chi connectivity index (χ0) is 30.4. The van der Waals surface area contributed by atoms with Gasteiger partial charge in [0, 0.05) is 30.3 Å². The molecule has 220 valence electrons. The lowest BCUT2D eigenvalue weighted by atomic mass is 9.96. The van der Waals surface area contributed by atoms with Crippen LogP contribution in [0.25, 0.3) is 22.6 Å². The maximum absolute atomic E-state index is 13.7. The van der Waals surface area contributed by atoms with Crippen molar-refractivity contribution in [2.24, 2.45) is 17.3 Å². The Bertz CT molecular complexity index is 1770. The van der Waals surface area contributed by atoms with Crippen molar-refractivity contribution >= 4 is 21.8 Å². The van der Waals surface area contributed by atoms with Crippen molar-refractivity contribution in [1.82, 2.24) is 15.0 Å². The van der Waals surface area contributed by atoms with Gasteiger partial charge in [0.05, 0.1) is 22.7 Å². The molecule has 2 atom stereocenters. The molecule has 0 aliphatic heterocycles. The Kier molecular flexibility index (Phi) is 7.61. The second kappa shape index (κ2) is 10.9. The number of carbonyl (C=O) groups is 1. The summed E-state index contributed by atoms with van der Waals surface area (Å²) in [4.78, 5) is 19.8. The van der Waals surface area contributed by atoms with Crippen molar-refractivity contribution in [3.63, 3.8) is 0 Å². The number of benzene rings is 2. The summed E-state index contributed by atoms with van der Waals surface area (Å²) in [6.45, 7) is 12.1. The molecule has 1 N–H and O–H groups in total. The first-order valence-corrected chi connectivity index (χ1v) is 15.3. The molecule has 2 unspecified atom stereocenters. The molecule has 2 heterocycles. The van der Waals surface area contributed by atoms with Crippen LogP contribution < -0.4 is 4.72 Å². The van der Waals surface area contributed by atoms with E-state index in [9.17, 15) is 13.2 Å². The van der Waals surface area contributed by atoms with Gasteiger partial charge in [0.15, 0.2) is 0 Å². The number of aromatic nitrogens is 2. The van der Waals surface area contributed by atoms with E-state index in [4.69, 9.17) is 8.94 Å². The van der Waals surface area contributed by atoms with Crippen LogP contribution in [-0.4, -0.2) is 36.4 Å². The van der Waals surface area contributed by atoms with E-state index in [1.807, 2.05) is 32.0 Å². The van der Waals surface area contributed by atoms with Crippen LogP contribution in [-0.2, 0) is 21.4 Å². The van der Waals surface area contributed by atoms with Crippen molar-refractivity contribution in [1.29, 1.82) is 0 Å². The number of hydrogen-bond donors (Lipinski definition) is 1. The molecule has 4 aromatic rings. The Balaban J connectivity index is 1.54. The molecule has 1 amide bonds. The highest BCUT2D eigenvalue weighted by atomic mass is 32.2. The highest BCUT2D eigenvalue weighted by Crippen LogP contribution is 2.60. The molecular formula is C32H36N4O5S. The van der Waals surface area contributed by atoms with Gasteiger partial charge in [0.2, 0.25) is 17.7 Å². The number of sulfonamides is 1. The van der Waals surface area contributed by atoms with E-state index in [1.54, 1.807) is 56.3 Å². The van der Waals surface area contributed by atoms with Crippen molar-refractivity contribution < 1.29 is 22.2 Å². The monoisotopic (exact) mass is 588 g/mol. The van der Waals surface area contributed by atoms with Crippen LogP contribution in [0.4, 0.5) is 5.88 Å². The molecule has 42 heavy (non-hydrogen) atoms. The number of rotatable bonds is 9. The molecule has 9 nitrogen and oxygen atoms in total. The van der Waals surface area contributed by atoms with Crippen LogP contribution >= 0.6 is 0 Å². The summed E-state index contributed by atoms with van der Waals surface area (Å²) >= 11 is 0. The van der Waals surface area contributed by atoms with Gasteiger partial charge >= 0.3 is 0 Å². The second-order valence-electron chi connectivity index (χ2n) is 11.8. The fraction of sp³-hybridized carbons (Fsp3) is 0.344. The largest absolute Gasteiger partial charge is 0.445 e. The van der Waals surface area contributed by atoms with Crippen LogP contribution in [0, 0.1) is 31.1 Å². The average Bonchev–Trinajstić information content (AvgIpc) is 3.31. The molecule has 2 aromatic heterocycles. The van der Waals surface area contributed by atoms with Gasteiger partial charge in [-0.2, -0.15) is 0 Å². The third kappa shape index (κ3) is 5.51. The number of amides is 1. The molecule has 0 radical (unpaired) electrons. The van der Waals surface area contributed by atoms with Crippen LogP contribution in [0.1, 0.15) is 44.5 Å². The first-order valence-electron chi connectivity index (χ1n) is 13.8. The Morgan fingerprint density at radius 2 is 1.86 bits per heavy atom. The number of carbonyl (C=O) groups excluding carboxylic acids is 1. The first kappa shape index (κ1) is 29.3. The van der Waals surface area contributed by atoms with E-state index in [0.29, 0.717) is 28.3 Å². The molecule has 0 saturated heterocycles. The number of hydrogen-bond acceptors (Lipinski definition) is 7. The minimum absolute atomic E-state index is 0.0497. The van der Waals surface area contributed by atoms with Crippen LogP contribution in [0.3, 0.4) is 0 Å². The third-order valence-corrected chi connectivity index (χ3v) is 9.50. The molecule has 0 spiro atoms. The summed E-state index contributed by atoms with van der Waals surface area (Å²) < 4.78 is 40.6. The average molecular weight is 589 g/mol. The molecule has 5 rings (SSSR count). The maximum Gasteiger partial charge on any atom is 0.264 e. The van der Waals surface area contributed by atoms with Crippen LogP contribution in [0.15, 0.2) is 80.4 Å². The van der Waals surface area contributed by atoms with Crippen molar-refractivity contribution in [2.45, 2.75) is 53.0 Å².